The Morgan fingerprint density at radius 2 is 2.29 bits per heavy atom. The van der Waals surface area contributed by atoms with Crippen LogP contribution >= 0.6 is 0 Å². The zero-order valence-electron chi connectivity index (χ0n) is 8.45. The molecule has 0 aliphatic heterocycles. The molecule has 3 heteroatoms. The normalized spacial score (nSPS) is 24.6. The van der Waals surface area contributed by atoms with Gasteiger partial charge in [0, 0.05) is 18.8 Å². The second-order valence-electron chi connectivity index (χ2n) is 4.91. The summed E-state index contributed by atoms with van der Waals surface area (Å²) in [5, 5.41) is 0. The molecule has 0 amide bonds. The Kier molecular flexibility index (Phi) is 1.71. The van der Waals surface area contributed by atoms with Gasteiger partial charge in [-0.2, -0.15) is 0 Å². The molecule has 1 aromatic rings. The zero-order valence-corrected chi connectivity index (χ0v) is 8.45. The fourth-order valence-electron chi connectivity index (χ4n) is 3.04. The van der Waals surface area contributed by atoms with E-state index in [0.717, 1.165) is 5.41 Å². The number of imidazole rings is 1. The van der Waals surface area contributed by atoms with Gasteiger partial charge in [0.1, 0.15) is 0 Å². The van der Waals surface area contributed by atoms with E-state index >= 15 is 0 Å². The van der Waals surface area contributed by atoms with Gasteiger partial charge in [-0.15, -0.1) is 0 Å². The second kappa shape index (κ2) is 2.83. The van der Waals surface area contributed by atoms with E-state index in [4.69, 9.17) is 5.73 Å². The molecule has 0 bridgehead atoms. The predicted octanol–water partition coefficient (Wildman–Crippen LogP) is 1.85. The Hall–Kier alpha value is -0.830. The summed E-state index contributed by atoms with van der Waals surface area (Å²) in [6.07, 6.45) is 10.9. The van der Waals surface area contributed by atoms with Crippen molar-refractivity contribution < 1.29 is 0 Å². The van der Waals surface area contributed by atoms with E-state index in [-0.39, 0.29) is 0 Å². The van der Waals surface area contributed by atoms with Gasteiger partial charge < -0.3 is 10.3 Å². The average Bonchev–Trinajstić information content (AvgIpc) is 2.47. The monoisotopic (exact) mass is 191 g/mol. The minimum absolute atomic E-state index is 0.615. The first-order chi connectivity index (χ1) is 6.83. The molecule has 0 radical (unpaired) electrons. The molecule has 2 aliphatic carbocycles. The van der Waals surface area contributed by atoms with Crippen LogP contribution in [0.3, 0.4) is 0 Å². The average molecular weight is 191 g/mol. The quantitative estimate of drug-likeness (QED) is 0.775. The van der Waals surface area contributed by atoms with Gasteiger partial charge in [0.25, 0.3) is 0 Å². The van der Waals surface area contributed by atoms with Crippen LogP contribution in [0.4, 0.5) is 0 Å². The van der Waals surface area contributed by atoms with E-state index < -0.39 is 0 Å². The van der Waals surface area contributed by atoms with Gasteiger partial charge >= 0.3 is 0 Å². The largest absolute Gasteiger partial charge is 0.330 e. The van der Waals surface area contributed by atoms with Gasteiger partial charge in [-0.3, -0.25) is 0 Å². The first kappa shape index (κ1) is 8.48. The van der Waals surface area contributed by atoms with Gasteiger partial charge in [0.15, 0.2) is 0 Å². The fraction of sp³-hybridized carbons (Fsp3) is 0.727. The van der Waals surface area contributed by atoms with Gasteiger partial charge in [0.05, 0.1) is 12.0 Å². The molecule has 0 atom stereocenters. The highest BCUT2D eigenvalue weighted by Crippen LogP contribution is 2.60. The molecule has 2 saturated carbocycles. The van der Waals surface area contributed by atoms with Gasteiger partial charge in [-0.25, -0.2) is 4.98 Å². The Bertz CT molecular complexity index is 330. The minimum atomic E-state index is 0.615. The summed E-state index contributed by atoms with van der Waals surface area (Å²) in [5.74, 6) is 0. The van der Waals surface area contributed by atoms with Crippen molar-refractivity contribution >= 4 is 0 Å². The lowest BCUT2D eigenvalue weighted by Gasteiger charge is -2.54. The van der Waals surface area contributed by atoms with Gasteiger partial charge in [-0.05, 0) is 31.1 Å². The maximum atomic E-state index is 5.66. The van der Waals surface area contributed by atoms with Crippen molar-refractivity contribution in [3.8, 4) is 0 Å². The lowest BCUT2D eigenvalue weighted by molar-refractivity contribution is -0.0182. The van der Waals surface area contributed by atoms with Crippen LogP contribution in [0.2, 0.25) is 0 Å². The van der Waals surface area contributed by atoms with Crippen LogP contribution in [-0.4, -0.2) is 9.55 Å². The SMILES string of the molecule is NCc1cncn1C1CC2(CCC2)C1. The number of nitrogens with two attached hydrogens (primary N) is 1. The lowest BCUT2D eigenvalue weighted by Crippen LogP contribution is -2.43. The third-order valence-corrected chi connectivity index (χ3v) is 4.10. The topological polar surface area (TPSA) is 43.8 Å². The molecule has 0 aromatic carbocycles. The molecular formula is C11H17N3. The summed E-state index contributed by atoms with van der Waals surface area (Å²) in [5.41, 5.74) is 7.59. The first-order valence-corrected chi connectivity index (χ1v) is 5.54. The van der Waals surface area contributed by atoms with E-state index in [9.17, 15) is 0 Å². The molecule has 0 unspecified atom stereocenters. The molecule has 2 N–H and O–H groups in total. The van der Waals surface area contributed by atoms with E-state index in [1.165, 1.54) is 37.8 Å². The van der Waals surface area contributed by atoms with Crippen LogP contribution in [0.5, 0.6) is 0 Å². The summed E-state index contributed by atoms with van der Waals surface area (Å²) in [6.45, 7) is 0.615. The standard InChI is InChI=1S/C11H17N3/c12-6-10-7-13-8-14(10)9-4-11(5-9)2-1-3-11/h7-9H,1-6,12H2. The van der Waals surface area contributed by atoms with Crippen molar-refractivity contribution in [1.29, 1.82) is 0 Å². The number of hydrogen-bond acceptors (Lipinski definition) is 2. The molecule has 1 heterocycles. The van der Waals surface area contributed by atoms with Gasteiger partial charge in [-0.1, -0.05) is 6.42 Å². The third kappa shape index (κ3) is 1.05. The Balaban J connectivity index is 1.73. The lowest BCUT2D eigenvalue weighted by atomic mass is 9.54. The highest BCUT2D eigenvalue weighted by molar-refractivity contribution is 5.07. The first-order valence-electron chi connectivity index (χ1n) is 5.54. The van der Waals surface area contributed by atoms with Crippen LogP contribution in [-0.2, 0) is 6.54 Å². The van der Waals surface area contributed by atoms with Crippen molar-refractivity contribution in [2.45, 2.75) is 44.7 Å². The number of nitrogens with zero attached hydrogens (tertiary/aromatic N) is 2. The Labute approximate surface area is 84.3 Å². The molecule has 3 rings (SSSR count). The number of rotatable bonds is 2. The van der Waals surface area contributed by atoms with E-state index in [1.807, 2.05) is 12.5 Å². The highest BCUT2D eigenvalue weighted by Gasteiger charge is 2.48. The van der Waals surface area contributed by atoms with Crippen LogP contribution < -0.4 is 5.73 Å². The summed E-state index contributed by atoms with van der Waals surface area (Å²) in [4.78, 5) is 4.17. The molecule has 0 saturated heterocycles. The van der Waals surface area contributed by atoms with Crippen LogP contribution in [0.1, 0.15) is 43.8 Å². The molecule has 2 aliphatic rings. The van der Waals surface area contributed by atoms with E-state index in [0.29, 0.717) is 12.6 Å². The third-order valence-electron chi connectivity index (χ3n) is 4.10. The van der Waals surface area contributed by atoms with Crippen molar-refractivity contribution in [2.24, 2.45) is 11.1 Å². The van der Waals surface area contributed by atoms with Crippen LogP contribution in [0.25, 0.3) is 0 Å². The number of aromatic nitrogens is 2. The zero-order chi connectivity index (χ0) is 9.60. The summed E-state index contributed by atoms with van der Waals surface area (Å²) < 4.78 is 2.28. The summed E-state index contributed by atoms with van der Waals surface area (Å²) in [6, 6.07) is 0.691. The number of hydrogen-bond donors (Lipinski definition) is 1. The molecule has 76 valence electrons. The maximum absolute atomic E-state index is 5.66. The van der Waals surface area contributed by atoms with Gasteiger partial charge in [0.2, 0.25) is 0 Å². The van der Waals surface area contributed by atoms with E-state index in [1.54, 1.807) is 0 Å². The summed E-state index contributed by atoms with van der Waals surface area (Å²) >= 11 is 0. The maximum Gasteiger partial charge on any atom is 0.0951 e. The van der Waals surface area contributed by atoms with Crippen molar-refractivity contribution in [3.05, 3.63) is 18.2 Å². The fourth-order valence-corrected chi connectivity index (χ4v) is 3.04. The van der Waals surface area contributed by atoms with E-state index in [2.05, 4.69) is 9.55 Å². The van der Waals surface area contributed by atoms with Crippen LogP contribution in [0.15, 0.2) is 12.5 Å². The Morgan fingerprint density at radius 1 is 1.50 bits per heavy atom. The summed E-state index contributed by atoms with van der Waals surface area (Å²) in [7, 11) is 0. The molecule has 1 aromatic heterocycles. The molecule has 1 spiro atoms. The smallest absolute Gasteiger partial charge is 0.0951 e. The molecule has 3 nitrogen and oxygen atoms in total. The molecule has 2 fully saturated rings. The molecule has 14 heavy (non-hydrogen) atoms. The minimum Gasteiger partial charge on any atom is -0.330 e. The molecular weight excluding hydrogens is 174 g/mol. The van der Waals surface area contributed by atoms with Crippen LogP contribution in [0, 0.1) is 5.41 Å². The predicted molar refractivity (Wildman–Crippen MR) is 54.7 cm³/mol. The second-order valence-corrected chi connectivity index (χ2v) is 4.91. The van der Waals surface area contributed by atoms with Crippen molar-refractivity contribution in [3.63, 3.8) is 0 Å². The highest BCUT2D eigenvalue weighted by atomic mass is 15.1. The van der Waals surface area contributed by atoms with Crippen molar-refractivity contribution in [1.82, 2.24) is 9.55 Å². The Morgan fingerprint density at radius 3 is 2.86 bits per heavy atom. The van der Waals surface area contributed by atoms with Crippen molar-refractivity contribution in [2.75, 3.05) is 0 Å².